The number of aryl methyl sites for hydroxylation is 1. The van der Waals surface area contributed by atoms with Crippen LogP contribution < -0.4 is 20.9 Å². The number of aliphatic hydroxyl groups excluding tert-OH is 1. The number of carbonyl (C=O) groups is 1. The number of benzene rings is 1. The van der Waals surface area contributed by atoms with Crippen LogP contribution in [0.2, 0.25) is 0 Å². The van der Waals surface area contributed by atoms with E-state index in [4.69, 9.17) is 28.1 Å². The monoisotopic (exact) mass is 627 g/mol. The standard InChI is InChI=1S/C26H35FN3O9P.CO2/c1-7-8-18-9-10-19(16(4)13-18)39-40(35,29-17(5)23(33)37-15(2)3)36-14-20-22(32)26(6,27)24(38-20)30-12-11-21(31)28-25(30)34;2-1-3/h7-13,15,17,20,22,24,32H,14H2,1-6H3,(H,29,35)(H,28,31,34);/b8-7+;/t17-,20+,22+,24+,26+,40?;/m0./s1. The van der Waals surface area contributed by atoms with Crippen LogP contribution in [-0.2, 0) is 32.9 Å². The highest BCUT2D eigenvalue weighted by Crippen LogP contribution is 2.48. The number of allylic oxidation sites excluding steroid dienone is 1. The first-order chi connectivity index (χ1) is 20.1. The van der Waals surface area contributed by atoms with Crippen molar-refractivity contribution >= 4 is 25.9 Å². The molecule has 1 saturated heterocycles. The molecule has 14 nitrogen and oxygen atoms in total. The van der Waals surface area contributed by atoms with E-state index in [1.807, 2.05) is 24.1 Å². The highest BCUT2D eigenvalue weighted by atomic mass is 31.2. The summed E-state index contributed by atoms with van der Waals surface area (Å²) in [5, 5.41) is 13.2. The summed E-state index contributed by atoms with van der Waals surface area (Å²) in [5.74, 6) is -0.525. The number of ether oxygens (including phenoxy) is 2. The van der Waals surface area contributed by atoms with Gasteiger partial charge in [0.2, 0.25) is 0 Å². The van der Waals surface area contributed by atoms with Crippen molar-refractivity contribution in [2.45, 2.75) is 77.8 Å². The second-order valence-corrected chi connectivity index (χ2v) is 11.7. The highest BCUT2D eigenvalue weighted by Gasteiger charge is 2.56. The second-order valence-electron chi connectivity index (χ2n) is 9.97. The Hall–Kier alpha value is -3.71. The van der Waals surface area contributed by atoms with Gasteiger partial charge in [0.25, 0.3) is 5.56 Å². The molecule has 0 spiro atoms. The van der Waals surface area contributed by atoms with Crippen LogP contribution in [0.15, 0.2) is 46.1 Å². The maximum absolute atomic E-state index is 15.6. The van der Waals surface area contributed by atoms with Crippen molar-refractivity contribution in [3.8, 4) is 5.75 Å². The summed E-state index contributed by atoms with van der Waals surface area (Å²) < 4.78 is 52.4. The largest absolute Gasteiger partial charge is 0.462 e. The zero-order valence-corrected chi connectivity index (χ0v) is 25.3. The fourth-order valence-electron chi connectivity index (χ4n) is 4.05. The number of hydrogen-bond acceptors (Lipinski definition) is 11. The molecule has 0 amide bonds. The van der Waals surface area contributed by atoms with Crippen LogP contribution in [0.3, 0.4) is 0 Å². The van der Waals surface area contributed by atoms with Crippen molar-refractivity contribution in [1.29, 1.82) is 0 Å². The Morgan fingerprint density at radius 2 is 1.95 bits per heavy atom. The van der Waals surface area contributed by atoms with Gasteiger partial charge in [0.1, 0.15) is 24.0 Å². The van der Waals surface area contributed by atoms with Gasteiger partial charge in [-0.1, -0.05) is 18.2 Å². The van der Waals surface area contributed by atoms with Crippen molar-refractivity contribution < 1.29 is 47.0 Å². The first-order valence-corrected chi connectivity index (χ1v) is 14.6. The second kappa shape index (κ2) is 15.1. The van der Waals surface area contributed by atoms with E-state index in [0.717, 1.165) is 29.3 Å². The van der Waals surface area contributed by atoms with E-state index < -0.39 is 67.8 Å². The highest BCUT2D eigenvalue weighted by molar-refractivity contribution is 7.52. The van der Waals surface area contributed by atoms with Gasteiger partial charge in [-0.25, -0.2) is 13.8 Å². The molecule has 236 valence electrons. The third-order valence-electron chi connectivity index (χ3n) is 6.06. The summed E-state index contributed by atoms with van der Waals surface area (Å²) >= 11 is 0. The van der Waals surface area contributed by atoms with Gasteiger partial charge in [-0.15, -0.1) is 0 Å². The van der Waals surface area contributed by atoms with Gasteiger partial charge in [-0.3, -0.25) is 23.7 Å². The molecule has 0 aliphatic carbocycles. The van der Waals surface area contributed by atoms with Gasteiger partial charge in [0, 0.05) is 12.3 Å². The van der Waals surface area contributed by atoms with E-state index in [9.17, 15) is 24.1 Å². The molecule has 43 heavy (non-hydrogen) atoms. The predicted molar refractivity (Wildman–Crippen MR) is 150 cm³/mol. The van der Waals surface area contributed by atoms with E-state index >= 15 is 4.39 Å². The molecule has 0 radical (unpaired) electrons. The maximum atomic E-state index is 15.6. The van der Waals surface area contributed by atoms with Crippen LogP contribution in [-0.4, -0.2) is 63.4 Å². The average molecular weight is 628 g/mol. The molecular formula is C27H35FN3O11P. The molecular weight excluding hydrogens is 592 g/mol. The van der Waals surface area contributed by atoms with Crippen LogP contribution in [0.1, 0.15) is 52.0 Å². The zero-order valence-electron chi connectivity index (χ0n) is 24.4. The van der Waals surface area contributed by atoms with E-state index in [0.29, 0.717) is 5.56 Å². The van der Waals surface area contributed by atoms with Crippen molar-refractivity contribution in [2.24, 2.45) is 0 Å². The van der Waals surface area contributed by atoms with Crippen LogP contribution >= 0.6 is 7.75 Å². The molecule has 16 heteroatoms. The third-order valence-corrected chi connectivity index (χ3v) is 7.69. The molecule has 2 aromatic rings. The number of esters is 1. The molecule has 3 rings (SSSR count). The Labute approximate surface area is 246 Å². The van der Waals surface area contributed by atoms with Crippen molar-refractivity contribution in [3.63, 3.8) is 0 Å². The Morgan fingerprint density at radius 3 is 2.51 bits per heavy atom. The van der Waals surface area contributed by atoms with Crippen molar-refractivity contribution in [3.05, 3.63) is 68.5 Å². The summed E-state index contributed by atoms with van der Waals surface area (Å²) in [6.07, 6.45) is -0.286. The summed E-state index contributed by atoms with van der Waals surface area (Å²) in [4.78, 5) is 54.3. The molecule has 0 bridgehead atoms. The van der Waals surface area contributed by atoms with Crippen molar-refractivity contribution in [1.82, 2.24) is 14.6 Å². The van der Waals surface area contributed by atoms with E-state index in [1.165, 1.54) is 6.92 Å². The van der Waals surface area contributed by atoms with Gasteiger partial charge >= 0.3 is 25.6 Å². The number of H-pyrrole nitrogens is 1. The minimum atomic E-state index is -4.38. The topological polar surface area (TPSA) is 192 Å². The van der Waals surface area contributed by atoms with Gasteiger partial charge in [0.15, 0.2) is 11.9 Å². The minimum absolute atomic E-state index is 0.189. The minimum Gasteiger partial charge on any atom is -0.462 e. The van der Waals surface area contributed by atoms with Gasteiger partial charge in [0.05, 0.1) is 12.7 Å². The fraction of sp³-hybridized carbons (Fsp3) is 0.481. The molecule has 1 aliphatic rings. The van der Waals surface area contributed by atoms with Crippen LogP contribution in [0, 0.1) is 6.92 Å². The lowest BCUT2D eigenvalue weighted by atomic mass is 9.98. The lowest BCUT2D eigenvalue weighted by Gasteiger charge is -2.26. The van der Waals surface area contributed by atoms with Crippen LogP contribution in [0.5, 0.6) is 5.75 Å². The number of halogens is 1. The molecule has 2 heterocycles. The van der Waals surface area contributed by atoms with Gasteiger partial charge < -0.3 is 19.1 Å². The van der Waals surface area contributed by atoms with E-state index in [-0.39, 0.29) is 11.9 Å². The molecule has 1 aliphatic heterocycles. The number of nitrogens with one attached hydrogen (secondary N) is 2. The Kier molecular flexibility index (Phi) is 12.5. The third kappa shape index (κ3) is 9.39. The first kappa shape index (κ1) is 35.5. The number of nitrogens with zero attached hydrogens (tertiary/aromatic N) is 1. The smallest absolute Gasteiger partial charge is 0.459 e. The molecule has 6 atom stereocenters. The molecule has 1 aromatic heterocycles. The number of rotatable bonds is 11. The van der Waals surface area contributed by atoms with Crippen LogP contribution in [0.4, 0.5) is 4.39 Å². The maximum Gasteiger partial charge on any atom is 0.459 e. The zero-order chi connectivity index (χ0) is 32.5. The number of alkyl halides is 1. The molecule has 1 aromatic carbocycles. The van der Waals surface area contributed by atoms with E-state index in [2.05, 4.69) is 5.09 Å². The Bertz CT molecular complexity index is 1500. The molecule has 0 saturated carbocycles. The SMILES string of the molecule is C/C=C/c1ccc(OP(=O)(N[C@@H](C)C(=O)OC(C)C)OC[C@H]2O[C@@H](n3ccc(=O)[nH]c3=O)[C@](C)(F)[C@@H]2O)c(C)c1.O=C=O. The predicted octanol–water partition coefficient (Wildman–Crippen LogP) is 2.41. The van der Waals surface area contributed by atoms with E-state index in [1.54, 1.807) is 39.0 Å². The lowest BCUT2D eigenvalue weighted by molar-refractivity contribution is -0.191. The summed E-state index contributed by atoms with van der Waals surface area (Å²) in [6.45, 7) is 8.68. The summed E-state index contributed by atoms with van der Waals surface area (Å²) in [6, 6.07) is 4.97. The quantitative estimate of drug-likeness (QED) is 0.244. The lowest BCUT2D eigenvalue weighted by Crippen LogP contribution is -2.43. The molecule has 3 N–H and O–H groups in total. The number of aromatic nitrogens is 2. The molecule has 1 unspecified atom stereocenters. The Balaban J connectivity index is 0.00000206. The summed E-state index contributed by atoms with van der Waals surface area (Å²) in [7, 11) is -4.38. The molecule has 1 fully saturated rings. The van der Waals surface area contributed by atoms with Crippen LogP contribution in [0.25, 0.3) is 6.08 Å². The number of hydrogen-bond donors (Lipinski definition) is 3. The number of aromatic amines is 1. The first-order valence-electron chi connectivity index (χ1n) is 13.1. The van der Waals surface area contributed by atoms with Crippen molar-refractivity contribution in [2.75, 3.05) is 6.61 Å². The normalized spacial score (nSPS) is 23.6. The Morgan fingerprint density at radius 1 is 1.30 bits per heavy atom. The number of carbonyl (C=O) groups excluding carboxylic acids is 3. The van der Waals surface area contributed by atoms with Gasteiger partial charge in [-0.05, 0) is 64.8 Å². The number of aliphatic hydroxyl groups is 1. The average Bonchev–Trinajstić information content (AvgIpc) is 3.13. The summed E-state index contributed by atoms with van der Waals surface area (Å²) in [5.41, 5.74) is -2.64. The van der Waals surface area contributed by atoms with Gasteiger partial charge in [-0.2, -0.15) is 14.7 Å². The fourth-order valence-corrected chi connectivity index (χ4v) is 5.62.